The number of sulfonamides is 1. The van der Waals surface area contributed by atoms with Gasteiger partial charge in [-0.15, -0.1) is 0 Å². The summed E-state index contributed by atoms with van der Waals surface area (Å²) < 4.78 is 26.4. The maximum atomic E-state index is 12.6. The van der Waals surface area contributed by atoms with E-state index in [2.05, 4.69) is 0 Å². The molecule has 106 valence electrons. The molecule has 0 aliphatic heterocycles. The largest absolute Gasteiger partial charge is 0.399 e. The van der Waals surface area contributed by atoms with E-state index < -0.39 is 10.0 Å². The van der Waals surface area contributed by atoms with Gasteiger partial charge in [0.2, 0.25) is 0 Å². The highest BCUT2D eigenvalue weighted by Crippen LogP contribution is 2.24. The number of rotatable bonds is 5. The lowest BCUT2D eigenvalue weighted by Gasteiger charge is -2.23. The lowest BCUT2D eigenvalue weighted by molar-refractivity contribution is 0.306. The molecule has 0 bridgehead atoms. The van der Waals surface area contributed by atoms with Crippen molar-refractivity contribution in [1.29, 1.82) is 0 Å². The van der Waals surface area contributed by atoms with Gasteiger partial charge in [0.25, 0.3) is 10.0 Å². The highest BCUT2D eigenvalue weighted by atomic mass is 32.2. The van der Waals surface area contributed by atoms with Crippen LogP contribution in [0.3, 0.4) is 0 Å². The van der Waals surface area contributed by atoms with E-state index in [-0.39, 0.29) is 18.0 Å². The number of benzene rings is 2. The maximum absolute atomic E-state index is 12.6. The molecule has 0 unspecified atom stereocenters. The smallest absolute Gasteiger partial charge is 0.264 e. The summed E-state index contributed by atoms with van der Waals surface area (Å²) in [4.78, 5) is 0.106. The number of hydrogen-bond donors (Lipinski definition) is 2. The third-order valence-electron chi connectivity index (χ3n) is 2.79. The zero-order valence-electron chi connectivity index (χ0n) is 10.8. The third kappa shape index (κ3) is 2.92. The Labute approximate surface area is 118 Å². The Hall–Kier alpha value is -2.05. The summed E-state index contributed by atoms with van der Waals surface area (Å²) in [6.45, 7) is -0.280. The van der Waals surface area contributed by atoms with Crippen molar-refractivity contribution >= 4 is 21.4 Å². The van der Waals surface area contributed by atoms with Crippen LogP contribution in [0.1, 0.15) is 0 Å². The SMILES string of the molecule is Nc1cccc(S(=O)(=O)N(CCO)c2ccccc2)c1. The number of aliphatic hydroxyl groups excluding tert-OH is 1. The molecule has 0 aromatic heterocycles. The van der Waals surface area contributed by atoms with Crippen molar-refractivity contribution in [3.63, 3.8) is 0 Å². The number of nitrogens with zero attached hydrogens (tertiary/aromatic N) is 1. The maximum Gasteiger partial charge on any atom is 0.264 e. The molecule has 2 aromatic rings. The summed E-state index contributed by atoms with van der Waals surface area (Å²) in [6.07, 6.45) is 0. The molecular formula is C14H16N2O3S. The average molecular weight is 292 g/mol. The molecule has 0 saturated carbocycles. The van der Waals surface area contributed by atoms with Crippen LogP contribution in [0.2, 0.25) is 0 Å². The first-order valence-corrected chi connectivity index (χ1v) is 7.54. The first-order valence-electron chi connectivity index (χ1n) is 6.10. The normalized spacial score (nSPS) is 11.2. The van der Waals surface area contributed by atoms with Crippen LogP contribution in [0.5, 0.6) is 0 Å². The molecule has 0 radical (unpaired) electrons. The molecule has 0 aliphatic carbocycles. The Morgan fingerprint density at radius 1 is 1.05 bits per heavy atom. The van der Waals surface area contributed by atoms with E-state index >= 15 is 0 Å². The minimum absolute atomic E-state index is 0.0128. The number of anilines is 2. The van der Waals surface area contributed by atoms with Gasteiger partial charge >= 0.3 is 0 Å². The van der Waals surface area contributed by atoms with Crippen LogP contribution >= 0.6 is 0 Å². The quantitative estimate of drug-likeness (QED) is 0.817. The molecule has 0 amide bonds. The Balaban J connectivity index is 2.48. The second-order valence-electron chi connectivity index (χ2n) is 4.21. The molecule has 2 rings (SSSR count). The Morgan fingerprint density at radius 3 is 2.35 bits per heavy atom. The molecule has 0 spiro atoms. The number of para-hydroxylation sites is 1. The van der Waals surface area contributed by atoms with E-state index in [1.807, 2.05) is 0 Å². The lowest BCUT2D eigenvalue weighted by atomic mass is 10.3. The van der Waals surface area contributed by atoms with Crippen molar-refractivity contribution in [2.24, 2.45) is 0 Å². The van der Waals surface area contributed by atoms with E-state index in [0.717, 1.165) is 0 Å². The minimum Gasteiger partial charge on any atom is -0.399 e. The predicted molar refractivity (Wildman–Crippen MR) is 78.9 cm³/mol. The summed E-state index contributed by atoms with van der Waals surface area (Å²) in [5, 5.41) is 9.13. The molecule has 3 N–H and O–H groups in total. The van der Waals surface area contributed by atoms with Crippen LogP contribution in [0.15, 0.2) is 59.5 Å². The van der Waals surface area contributed by atoms with E-state index in [1.54, 1.807) is 42.5 Å². The van der Waals surface area contributed by atoms with E-state index in [9.17, 15) is 8.42 Å². The number of aliphatic hydroxyl groups is 1. The average Bonchev–Trinajstić information content (AvgIpc) is 2.45. The topological polar surface area (TPSA) is 83.6 Å². The fraction of sp³-hybridized carbons (Fsp3) is 0.143. The highest BCUT2D eigenvalue weighted by Gasteiger charge is 2.24. The summed E-state index contributed by atoms with van der Waals surface area (Å²) in [5.74, 6) is 0. The number of nitrogen functional groups attached to an aromatic ring is 1. The lowest BCUT2D eigenvalue weighted by Crippen LogP contribution is -2.33. The van der Waals surface area contributed by atoms with Crippen molar-refractivity contribution in [3.8, 4) is 0 Å². The molecule has 0 heterocycles. The zero-order valence-corrected chi connectivity index (χ0v) is 11.6. The summed E-state index contributed by atoms with van der Waals surface area (Å²) in [5.41, 5.74) is 6.52. The molecule has 6 heteroatoms. The van der Waals surface area contributed by atoms with Crippen LogP contribution in [0.25, 0.3) is 0 Å². The summed E-state index contributed by atoms with van der Waals surface area (Å²) >= 11 is 0. The van der Waals surface area contributed by atoms with Gasteiger partial charge in [-0.3, -0.25) is 4.31 Å². The van der Waals surface area contributed by atoms with Crippen molar-refractivity contribution in [1.82, 2.24) is 0 Å². The van der Waals surface area contributed by atoms with Crippen molar-refractivity contribution < 1.29 is 13.5 Å². The van der Waals surface area contributed by atoms with Crippen molar-refractivity contribution in [3.05, 3.63) is 54.6 Å². The molecule has 5 nitrogen and oxygen atoms in total. The monoisotopic (exact) mass is 292 g/mol. The van der Waals surface area contributed by atoms with Crippen LogP contribution < -0.4 is 10.0 Å². The van der Waals surface area contributed by atoms with E-state index in [0.29, 0.717) is 11.4 Å². The predicted octanol–water partition coefficient (Wildman–Crippen LogP) is 1.46. The Morgan fingerprint density at radius 2 is 1.75 bits per heavy atom. The summed E-state index contributed by atoms with van der Waals surface area (Å²) in [6, 6.07) is 14.7. The third-order valence-corrected chi connectivity index (χ3v) is 4.62. The van der Waals surface area contributed by atoms with Gasteiger partial charge in [0, 0.05) is 5.69 Å². The molecule has 0 fully saturated rings. The van der Waals surface area contributed by atoms with E-state index in [4.69, 9.17) is 10.8 Å². The van der Waals surface area contributed by atoms with Gasteiger partial charge in [-0.2, -0.15) is 0 Å². The first kappa shape index (κ1) is 14.4. The molecule has 0 aliphatic rings. The van der Waals surface area contributed by atoms with E-state index in [1.165, 1.54) is 16.4 Å². The van der Waals surface area contributed by atoms with Gasteiger partial charge in [-0.05, 0) is 30.3 Å². The van der Waals surface area contributed by atoms with Gasteiger partial charge in [-0.25, -0.2) is 8.42 Å². The minimum atomic E-state index is -3.75. The fourth-order valence-corrected chi connectivity index (χ4v) is 3.39. The van der Waals surface area contributed by atoms with Crippen LogP contribution in [0, 0.1) is 0 Å². The summed E-state index contributed by atoms with van der Waals surface area (Å²) in [7, 11) is -3.75. The Kier molecular flexibility index (Phi) is 4.26. The number of nitrogens with two attached hydrogens (primary N) is 1. The van der Waals surface area contributed by atoms with Gasteiger partial charge in [-0.1, -0.05) is 24.3 Å². The standard InChI is InChI=1S/C14H16N2O3S/c15-12-5-4-8-14(11-12)20(18,19)16(9-10-17)13-6-2-1-3-7-13/h1-8,11,17H,9-10,15H2. The van der Waals surface area contributed by atoms with Gasteiger partial charge in [0.1, 0.15) is 0 Å². The molecular weight excluding hydrogens is 276 g/mol. The van der Waals surface area contributed by atoms with Crippen molar-refractivity contribution in [2.75, 3.05) is 23.2 Å². The second kappa shape index (κ2) is 5.94. The molecule has 2 aromatic carbocycles. The molecule has 20 heavy (non-hydrogen) atoms. The molecule has 0 atom stereocenters. The van der Waals surface area contributed by atoms with Crippen LogP contribution in [-0.4, -0.2) is 26.7 Å². The van der Waals surface area contributed by atoms with Crippen LogP contribution in [-0.2, 0) is 10.0 Å². The fourth-order valence-electron chi connectivity index (χ4n) is 1.88. The Bertz CT molecular complexity index is 672. The van der Waals surface area contributed by atoms with Crippen molar-refractivity contribution in [2.45, 2.75) is 4.90 Å². The molecule has 0 saturated heterocycles. The highest BCUT2D eigenvalue weighted by molar-refractivity contribution is 7.92. The zero-order chi connectivity index (χ0) is 14.6. The van der Waals surface area contributed by atoms with Gasteiger partial charge < -0.3 is 10.8 Å². The van der Waals surface area contributed by atoms with Gasteiger partial charge in [0.05, 0.1) is 23.7 Å². The number of hydrogen-bond acceptors (Lipinski definition) is 4. The van der Waals surface area contributed by atoms with Crippen LogP contribution in [0.4, 0.5) is 11.4 Å². The first-order chi connectivity index (χ1) is 9.55. The second-order valence-corrected chi connectivity index (χ2v) is 6.07. The van der Waals surface area contributed by atoms with Gasteiger partial charge in [0.15, 0.2) is 0 Å².